The van der Waals surface area contributed by atoms with Crippen LogP contribution in [0.15, 0.2) is 54.7 Å². The first-order valence-corrected chi connectivity index (χ1v) is 12.9. The van der Waals surface area contributed by atoms with Gasteiger partial charge in [0, 0.05) is 32.2 Å². The van der Waals surface area contributed by atoms with E-state index >= 15 is 0 Å². The highest BCUT2D eigenvalue weighted by atomic mass is 16.5. The second kappa shape index (κ2) is 11.7. The van der Waals surface area contributed by atoms with E-state index in [0.717, 1.165) is 33.4 Å². The SMILES string of the molecule is COCCc1nc2c[n+]([O-])c3cc(OCc4ccccc4)ccc3c2n1CCCCN(C(=O)O)C(C)(C)C. The number of aryl methyl sites for hydroxylation is 1. The number of amides is 1. The maximum Gasteiger partial charge on any atom is 0.407 e. The van der Waals surface area contributed by atoms with Crippen LogP contribution in [0.3, 0.4) is 0 Å². The van der Waals surface area contributed by atoms with E-state index in [4.69, 9.17) is 14.5 Å². The maximum atomic E-state index is 13.0. The third kappa shape index (κ3) is 6.16. The van der Waals surface area contributed by atoms with Gasteiger partial charge in [0.1, 0.15) is 18.2 Å². The van der Waals surface area contributed by atoms with Crippen LogP contribution in [0.2, 0.25) is 0 Å². The lowest BCUT2D eigenvalue weighted by Gasteiger charge is -2.33. The van der Waals surface area contributed by atoms with Crippen LogP contribution in [0.25, 0.3) is 21.9 Å². The Labute approximate surface area is 222 Å². The lowest BCUT2D eigenvalue weighted by Crippen LogP contribution is -2.45. The zero-order chi connectivity index (χ0) is 27.3. The number of benzene rings is 2. The zero-order valence-corrected chi connectivity index (χ0v) is 22.5. The summed E-state index contributed by atoms with van der Waals surface area (Å²) >= 11 is 0. The Morgan fingerprint density at radius 1 is 1.16 bits per heavy atom. The Hall–Kier alpha value is -3.85. The van der Waals surface area contributed by atoms with E-state index in [-0.39, 0.29) is 0 Å². The molecule has 38 heavy (non-hydrogen) atoms. The Morgan fingerprint density at radius 2 is 1.92 bits per heavy atom. The smallest absolute Gasteiger partial charge is 0.407 e. The molecule has 9 nitrogen and oxygen atoms in total. The van der Waals surface area contributed by atoms with E-state index in [0.29, 0.717) is 55.9 Å². The molecule has 0 radical (unpaired) electrons. The number of rotatable bonds is 11. The van der Waals surface area contributed by atoms with E-state index in [9.17, 15) is 15.1 Å². The molecule has 9 heteroatoms. The third-order valence-electron chi connectivity index (χ3n) is 6.61. The highest BCUT2D eigenvalue weighted by molar-refractivity contribution is 6.01. The molecular formula is C29H36N4O5. The second-order valence-corrected chi connectivity index (χ2v) is 10.4. The standard InChI is InChI=1S/C29H36N4O5/c1-29(2,3)32(28(34)35)16-9-8-15-31-26(14-17-37-4)30-24-19-33(36)25-18-22(12-13-23(25)27(24)31)38-20-21-10-6-5-7-11-21/h5-7,10-13,18-19H,8-9,14-17,20H2,1-4H3,(H,34,35). The summed E-state index contributed by atoms with van der Waals surface area (Å²) in [6.07, 6.45) is 2.67. The van der Waals surface area contributed by atoms with E-state index in [1.165, 1.54) is 11.1 Å². The van der Waals surface area contributed by atoms with Gasteiger partial charge in [0.05, 0.1) is 23.6 Å². The van der Waals surface area contributed by atoms with E-state index < -0.39 is 11.6 Å². The van der Waals surface area contributed by atoms with Gasteiger partial charge in [-0.15, -0.1) is 0 Å². The van der Waals surface area contributed by atoms with Crippen molar-refractivity contribution in [2.75, 3.05) is 20.3 Å². The van der Waals surface area contributed by atoms with Crippen molar-refractivity contribution in [3.63, 3.8) is 0 Å². The average molecular weight is 521 g/mol. The van der Waals surface area contributed by atoms with Crippen LogP contribution in [0, 0.1) is 5.21 Å². The second-order valence-electron chi connectivity index (χ2n) is 10.4. The molecule has 0 saturated carbocycles. The first kappa shape index (κ1) is 27.2. The Balaban J connectivity index is 1.62. The van der Waals surface area contributed by atoms with Crippen LogP contribution in [-0.4, -0.2) is 51.5 Å². The summed E-state index contributed by atoms with van der Waals surface area (Å²) in [6, 6.07) is 15.4. The molecule has 1 N–H and O–H groups in total. The van der Waals surface area contributed by atoms with Crippen LogP contribution in [0.1, 0.15) is 45.0 Å². The van der Waals surface area contributed by atoms with Crippen molar-refractivity contribution < 1.29 is 24.1 Å². The van der Waals surface area contributed by atoms with Gasteiger partial charge in [0.25, 0.3) is 0 Å². The molecule has 2 aromatic carbocycles. The quantitative estimate of drug-likeness (QED) is 0.167. The van der Waals surface area contributed by atoms with Gasteiger partial charge in [-0.3, -0.25) is 0 Å². The van der Waals surface area contributed by atoms with Crippen LogP contribution < -0.4 is 9.47 Å². The fourth-order valence-corrected chi connectivity index (χ4v) is 4.68. The summed E-state index contributed by atoms with van der Waals surface area (Å²) in [5, 5.41) is 23.4. The minimum atomic E-state index is -0.914. The number of carboxylic acid groups (broad SMARTS) is 1. The molecule has 4 rings (SSSR count). The van der Waals surface area contributed by atoms with Gasteiger partial charge >= 0.3 is 6.09 Å². The number of hydrogen-bond donors (Lipinski definition) is 1. The highest BCUT2D eigenvalue weighted by Crippen LogP contribution is 2.28. The van der Waals surface area contributed by atoms with Crippen molar-refractivity contribution in [1.82, 2.24) is 14.5 Å². The number of aromatic nitrogens is 3. The first-order chi connectivity index (χ1) is 18.2. The molecule has 0 unspecified atom stereocenters. The van der Waals surface area contributed by atoms with E-state index in [2.05, 4.69) is 4.57 Å². The molecule has 0 saturated heterocycles. The van der Waals surface area contributed by atoms with Crippen LogP contribution >= 0.6 is 0 Å². The topological polar surface area (TPSA) is 104 Å². The van der Waals surface area contributed by atoms with Crippen molar-refractivity contribution in [1.29, 1.82) is 0 Å². The molecule has 0 spiro atoms. The number of ether oxygens (including phenoxy) is 2. The van der Waals surface area contributed by atoms with Gasteiger partial charge in [-0.25, -0.2) is 9.78 Å². The summed E-state index contributed by atoms with van der Waals surface area (Å²) in [4.78, 5) is 17.9. The minimum Gasteiger partial charge on any atom is -0.618 e. The molecule has 0 atom stereocenters. The minimum absolute atomic E-state index is 0.411. The number of hydrogen-bond acceptors (Lipinski definition) is 5. The summed E-state index contributed by atoms with van der Waals surface area (Å²) in [7, 11) is 1.65. The predicted molar refractivity (Wildman–Crippen MR) is 146 cm³/mol. The van der Waals surface area contributed by atoms with Crippen LogP contribution in [-0.2, 0) is 24.3 Å². The Bertz CT molecular complexity index is 1400. The maximum absolute atomic E-state index is 13.0. The molecule has 0 aliphatic rings. The molecule has 0 bridgehead atoms. The van der Waals surface area contributed by atoms with Gasteiger partial charge < -0.3 is 29.3 Å². The number of nitrogens with zero attached hydrogens (tertiary/aromatic N) is 4. The van der Waals surface area contributed by atoms with Crippen molar-refractivity contribution in [3.8, 4) is 5.75 Å². The molecule has 2 heterocycles. The van der Waals surface area contributed by atoms with Crippen molar-refractivity contribution >= 4 is 28.0 Å². The van der Waals surface area contributed by atoms with Gasteiger partial charge in [0.2, 0.25) is 11.7 Å². The van der Waals surface area contributed by atoms with Crippen LogP contribution in [0.5, 0.6) is 5.75 Å². The molecule has 0 fully saturated rings. The van der Waals surface area contributed by atoms with Gasteiger partial charge in [-0.2, -0.15) is 4.73 Å². The molecule has 2 aromatic heterocycles. The third-order valence-corrected chi connectivity index (χ3v) is 6.61. The lowest BCUT2D eigenvalue weighted by molar-refractivity contribution is -0.575. The summed E-state index contributed by atoms with van der Waals surface area (Å²) in [5.74, 6) is 1.46. The van der Waals surface area contributed by atoms with E-state index in [1.54, 1.807) is 13.2 Å². The number of pyridine rings is 1. The summed E-state index contributed by atoms with van der Waals surface area (Å²) < 4.78 is 14.2. The fourth-order valence-electron chi connectivity index (χ4n) is 4.68. The van der Waals surface area contributed by atoms with Crippen molar-refractivity contribution in [3.05, 3.63) is 71.3 Å². The molecule has 0 aliphatic heterocycles. The zero-order valence-electron chi connectivity index (χ0n) is 22.5. The van der Waals surface area contributed by atoms with Crippen molar-refractivity contribution in [2.45, 2.75) is 58.7 Å². The largest absolute Gasteiger partial charge is 0.618 e. The molecular weight excluding hydrogens is 484 g/mol. The van der Waals surface area contributed by atoms with Gasteiger partial charge in [-0.1, -0.05) is 30.3 Å². The van der Waals surface area contributed by atoms with Gasteiger partial charge in [-0.05, 0) is 51.3 Å². The summed E-state index contributed by atoms with van der Waals surface area (Å²) in [5.41, 5.74) is 2.60. The van der Waals surface area contributed by atoms with Crippen molar-refractivity contribution in [2.24, 2.45) is 0 Å². The number of carbonyl (C=O) groups is 1. The first-order valence-electron chi connectivity index (χ1n) is 12.9. The van der Waals surface area contributed by atoms with Crippen LogP contribution in [0.4, 0.5) is 4.79 Å². The monoisotopic (exact) mass is 520 g/mol. The number of unbranched alkanes of at least 4 members (excludes halogenated alkanes) is 1. The van der Waals surface area contributed by atoms with Gasteiger partial charge in [0.15, 0.2) is 5.52 Å². The molecule has 0 aliphatic carbocycles. The number of fused-ring (bicyclic) bond motifs is 3. The molecule has 1 amide bonds. The normalized spacial score (nSPS) is 11.8. The van der Waals surface area contributed by atoms with E-state index in [1.807, 2.05) is 63.2 Å². The Morgan fingerprint density at radius 3 is 2.61 bits per heavy atom. The highest BCUT2D eigenvalue weighted by Gasteiger charge is 2.25. The molecule has 202 valence electrons. The number of methoxy groups -OCH3 is 1. The lowest BCUT2D eigenvalue weighted by atomic mass is 10.1. The molecule has 4 aromatic rings. The fraction of sp³-hybridized carbons (Fsp3) is 0.414. The predicted octanol–water partition coefficient (Wildman–Crippen LogP) is 5.15. The Kier molecular flexibility index (Phi) is 8.36. The average Bonchev–Trinajstić information content (AvgIpc) is 3.22. The summed E-state index contributed by atoms with van der Waals surface area (Å²) in [6.45, 7) is 7.71. The number of imidazole rings is 1.